The molecule has 2 aromatic heterocycles. The summed E-state index contributed by atoms with van der Waals surface area (Å²) in [5.74, 6) is 0.254. The molecule has 3 aromatic rings. The minimum atomic E-state index is -0.480. The number of likely N-dealkylation sites (tertiary alicyclic amines) is 1. The molecule has 2 aliphatic rings. The number of hydrogen-bond donors (Lipinski definition) is 0. The summed E-state index contributed by atoms with van der Waals surface area (Å²) in [4.78, 5) is 14.8. The molecule has 1 spiro atoms. The number of hydrogen-bond acceptors (Lipinski definition) is 5. The van der Waals surface area contributed by atoms with Gasteiger partial charge in [0.1, 0.15) is 0 Å². The van der Waals surface area contributed by atoms with Gasteiger partial charge in [-0.25, -0.2) is 0 Å². The Kier molecular flexibility index (Phi) is 4.41. The first-order valence-corrected chi connectivity index (χ1v) is 10.1. The van der Waals surface area contributed by atoms with Crippen LogP contribution in [0, 0.1) is 0 Å². The van der Waals surface area contributed by atoms with Crippen LogP contribution in [-0.4, -0.2) is 57.5 Å². The summed E-state index contributed by atoms with van der Waals surface area (Å²) in [6, 6.07) is 11.5. The molecule has 1 aromatic carbocycles. The third kappa shape index (κ3) is 3.01. The molecular weight excluding hydrogens is 424 g/mol. The maximum atomic E-state index is 13.0. The Morgan fingerprint density at radius 3 is 2.57 bits per heavy atom. The highest BCUT2D eigenvalue weighted by atomic mass is 79.9. The zero-order chi connectivity index (χ0) is 19.1. The first kappa shape index (κ1) is 17.8. The highest BCUT2D eigenvalue weighted by molar-refractivity contribution is 9.10. The van der Waals surface area contributed by atoms with E-state index in [2.05, 4.69) is 26.1 Å². The van der Waals surface area contributed by atoms with E-state index in [-0.39, 0.29) is 5.91 Å². The Morgan fingerprint density at radius 2 is 1.82 bits per heavy atom. The molecule has 144 valence electrons. The van der Waals surface area contributed by atoms with Gasteiger partial charge >= 0.3 is 0 Å². The molecule has 4 heterocycles. The summed E-state index contributed by atoms with van der Waals surface area (Å²) in [6.07, 6.45) is 3.27. The minimum absolute atomic E-state index is 0.000730. The van der Waals surface area contributed by atoms with Crippen LogP contribution >= 0.6 is 15.9 Å². The monoisotopic (exact) mass is 442 g/mol. The number of amides is 1. The zero-order valence-corrected chi connectivity index (χ0v) is 16.8. The Labute approximate surface area is 170 Å². The van der Waals surface area contributed by atoms with Crippen LogP contribution in [-0.2, 0) is 9.47 Å². The van der Waals surface area contributed by atoms with Crippen molar-refractivity contribution < 1.29 is 14.3 Å². The summed E-state index contributed by atoms with van der Waals surface area (Å²) in [5, 5.41) is 8.58. The molecule has 0 radical (unpaired) electrons. The van der Waals surface area contributed by atoms with Gasteiger partial charge in [-0.3, -0.25) is 9.20 Å². The molecule has 0 aliphatic carbocycles. The average molecular weight is 443 g/mol. The second-order valence-electron chi connectivity index (χ2n) is 7.05. The maximum Gasteiger partial charge on any atom is 0.254 e. The highest BCUT2D eigenvalue weighted by Crippen LogP contribution is 2.32. The normalized spacial score (nSPS) is 18.8. The van der Waals surface area contributed by atoms with E-state index in [0.29, 0.717) is 50.4 Å². The SMILES string of the molecule is O=C(c1ccn2c(-c3ccccc3Br)nnc2c1)N1CCC2(CC1)OCCO2. The lowest BCUT2D eigenvalue weighted by Gasteiger charge is -2.37. The number of nitrogens with zero attached hydrogens (tertiary/aromatic N) is 4. The highest BCUT2D eigenvalue weighted by Gasteiger charge is 2.40. The van der Waals surface area contributed by atoms with Crippen LogP contribution in [0.2, 0.25) is 0 Å². The second-order valence-corrected chi connectivity index (χ2v) is 7.90. The molecule has 7 nitrogen and oxygen atoms in total. The Morgan fingerprint density at radius 1 is 1.07 bits per heavy atom. The fourth-order valence-corrected chi connectivity index (χ4v) is 4.33. The minimum Gasteiger partial charge on any atom is -0.347 e. The number of fused-ring (bicyclic) bond motifs is 1. The quantitative estimate of drug-likeness (QED) is 0.609. The third-order valence-corrected chi connectivity index (χ3v) is 6.09. The van der Waals surface area contributed by atoms with Crippen LogP contribution in [0.4, 0.5) is 0 Å². The van der Waals surface area contributed by atoms with E-state index in [0.717, 1.165) is 15.9 Å². The van der Waals surface area contributed by atoms with Crippen LogP contribution in [0.3, 0.4) is 0 Å². The Balaban J connectivity index is 1.38. The van der Waals surface area contributed by atoms with Gasteiger partial charge in [0, 0.05) is 47.7 Å². The van der Waals surface area contributed by atoms with E-state index in [1.165, 1.54) is 0 Å². The van der Waals surface area contributed by atoms with E-state index in [4.69, 9.17) is 9.47 Å². The van der Waals surface area contributed by atoms with Gasteiger partial charge < -0.3 is 14.4 Å². The molecular formula is C20H19BrN4O3. The van der Waals surface area contributed by atoms with Gasteiger partial charge in [0.25, 0.3) is 5.91 Å². The standard InChI is InChI=1S/C20H19BrN4O3/c21-16-4-2-1-3-15(16)18-23-22-17-13-14(5-8-25(17)18)19(26)24-9-6-20(7-10-24)27-11-12-28-20/h1-5,8,13H,6-7,9-12H2. The summed E-state index contributed by atoms with van der Waals surface area (Å²) in [6.45, 7) is 2.52. The summed E-state index contributed by atoms with van der Waals surface area (Å²) in [7, 11) is 0. The molecule has 0 saturated carbocycles. The maximum absolute atomic E-state index is 13.0. The number of carbonyl (C=O) groups is 1. The lowest BCUT2D eigenvalue weighted by atomic mass is 10.0. The molecule has 2 saturated heterocycles. The predicted octanol–water partition coefficient (Wildman–Crippen LogP) is 3.14. The predicted molar refractivity (Wildman–Crippen MR) is 106 cm³/mol. The van der Waals surface area contributed by atoms with E-state index >= 15 is 0 Å². The zero-order valence-electron chi connectivity index (χ0n) is 15.2. The fourth-order valence-electron chi connectivity index (χ4n) is 3.87. The van der Waals surface area contributed by atoms with E-state index in [1.54, 1.807) is 6.07 Å². The van der Waals surface area contributed by atoms with Crippen LogP contribution < -0.4 is 0 Å². The molecule has 5 rings (SSSR count). The van der Waals surface area contributed by atoms with Crippen molar-refractivity contribution >= 4 is 27.5 Å². The van der Waals surface area contributed by atoms with E-state index in [1.807, 2.05) is 45.8 Å². The van der Waals surface area contributed by atoms with Gasteiger partial charge in [-0.15, -0.1) is 10.2 Å². The number of ether oxygens (including phenoxy) is 2. The number of benzene rings is 1. The molecule has 2 fully saturated rings. The first-order valence-electron chi connectivity index (χ1n) is 9.32. The number of piperidine rings is 1. The van der Waals surface area contributed by atoms with Crippen LogP contribution in [0.15, 0.2) is 47.1 Å². The Hall–Kier alpha value is -2.29. The van der Waals surface area contributed by atoms with Crippen molar-refractivity contribution in [1.29, 1.82) is 0 Å². The van der Waals surface area contributed by atoms with Crippen LogP contribution in [0.5, 0.6) is 0 Å². The van der Waals surface area contributed by atoms with Crippen LogP contribution in [0.25, 0.3) is 17.0 Å². The molecule has 0 atom stereocenters. The van der Waals surface area contributed by atoms with Crippen molar-refractivity contribution in [2.75, 3.05) is 26.3 Å². The molecule has 8 heteroatoms. The summed E-state index contributed by atoms with van der Waals surface area (Å²) < 4.78 is 14.3. The van der Waals surface area contributed by atoms with E-state index < -0.39 is 5.79 Å². The topological polar surface area (TPSA) is 69.0 Å². The van der Waals surface area contributed by atoms with Gasteiger partial charge in [0.05, 0.1) is 13.2 Å². The molecule has 2 aliphatic heterocycles. The second kappa shape index (κ2) is 6.95. The summed E-state index contributed by atoms with van der Waals surface area (Å²) in [5.41, 5.74) is 2.21. The lowest BCUT2D eigenvalue weighted by Crippen LogP contribution is -2.47. The fraction of sp³-hybridized carbons (Fsp3) is 0.350. The van der Waals surface area contributed by atoms with Crippen molar-refractivity contribution in [2.45, 2.75) is 18.6 Å². The Bertz CT molecular complexity index is 1030. The summed E-state index contributed by atoms with van der Waals surface area (Å²) >= 11 is 3.56. The van der Waals surface area contributed by atoms with Gasteiger partial charge in [0.15, 0.2) is 17.3 Å². The largest absolute Gasteiger partial charge is 0.347 e. The van der Waals surface area contributed by atoms with Gasteiger partial charge in [-0.2, -0.15) is 0 Å². The third-order valence-electron chi connectivity index (χ3n) is 5.40. The van der Waals surface area contributed by atoms with Crippen molar-refractivity contribution in [3.05, 3.63) is 52.6 Å². The lowest BCUT2D eigenvalue weighted by molar-refractivity contribution is -0.181. The van der Waals surface area contributed by atoms with E-state index in [9.17, 15) is 4.79 Å². The van der Waals surface area contributed by atoms with Crippen LogP contribution in [0.1, 0.15) is 23.2 Å². The molecule has 0 unspecified atom stereocenters. The van der Waals surface area contributed by atoms with Crippen molar-refractivity contribution in [1.82, 2.24) is 19.5 Å². The van der Waals surface area contributed by atoms with Crippen molar-refractivity contribution in [3.8, 4) is 11.4 Å². The van der Waals surface area contributed by atoms with Gasteiger partial charge in [-0.1, -0.05) is 34.1 Å². The van der Waals surface area contributed by atoms with Crippen molar-refractivity contribution in [2.24, 2.45) is 0 Å². The molecule has 0 bridgehead atoms. The number of pyridine rings is 1. The number of rotatable bonds is 2. The molecule has 28 heavy (non-hydrogen) atoms. The van der Waals surface area contributed by atoms with Gasteiger partial charge in [0.2, 0.25) is 0 Å². The number of carbonyl (C=O) groups excluding carboxylic acids is 1. The van der Waals surface area contributed by atoms with Crippen molar-refractivity contribution in [3.63, 3.8) is 0 Å². The smallest absolute Gasteiger partial charge is 0.254 e. The average Bonchev–Trinajstić information content (AvgIpc) is 3.35. The first-order chi connectivity index (χ1) is 13.7. The number of halogens is 1. The molecule has 1 amide bonds. The van der Waals surface area contributed by atoms with Gasteiger partial charge in [-0.05, 0) is 18.2 Å². The molecule has 0 N–H and O–H groups in total. The number of aromatic nitrogens is 3.